The van der Waals surface area contributed by atoms with Crippen LogP contribution in [0.2, 0.25) is 0 Å². The van der Waals surface area contributed by atoms with Gasteiger partial charge in [-0.2, -0.15) is 0 Å². The van der Waals surface area contributed by atoms with Gasteiger partial charge in [0.1, 0.15) is 12.4 Å². The SMILES string of the molecule is CCn1cnnc1C1CN(C(=O)C(C)Cc2cccs2)CCO1. The molecule has 2 aromatic rings. The molecule has 23 heavy (non-hydrogen) atoms. The van der Waals surface area contributed by atoms with Gasteiger partial charge in [0.25, 0.3) is 0 Å². The summed E-state index contributed by atoms with van der Waals surface area (Å²) in [4.78, 5) is 15.9. The van der Waals surface area contributed by atoms with E-state index in [1.54, 1.807) is 17.7 Å². The Bertz CT molecular complexity index is 640. The van der Waals surface area contributed by atoms with Crippen LogP contribution in [0, 0.1) is 5.92 Å². The van der Waals surface area contributed by atoms with Gasteiger partial charge in [0.2, 0.25) is 5.91 Å². The third-order valence-corrected chi connectivity index (χ3v) is 5.06. The summed E-state index contributed by atoms with van der Waals surface area (Å²) in [7, 11) is 0. The van der Waals surface area contributed by atoms with Crippen LogP contribution < -0.4 is 0 Å². The van der Waals surface area contributed by atoms with E-state index in [4.69, 9.17) is 4.74 Å². The van der Waals surface area contributed by atoms with Crippen molar-refractivity contribution < 1.29 is 9.53 Å². The van der Waals surface area contributed by atoms with Crippen LogP contribution in [0.4, 0.5) is 0 Å². The zero-order chi connectivity index (χ0) is 16.2. The van der Waals surface area contributed by atoms with E-state index in [0.29, 0.717) is 19.7 Å². The number of ether oxygens (including phenoxy) is 1. The second kappa shape index (κ2) is 7.23. The highest BCUT2D eigenvalue weighted by Gasteiger charge is 2.30. The molecule has 1 amide bonds. The number of hydrogen-bond acceptors (Lipinski definition) is 5. The number of morpholine rings is 1. The molecule has 0 N–H and O–H groups in total. The number of carbonyl (C=O) groups is 1. The van der Waals surface area contributed by atoms with E-state index in [2.05, 4.69) is 21.6 Å². The van der Waals surface area contributed by atoms with E-state index < -0.39 is 0 Å². The number of carbonyl (C=O) groups excluding carboxylic acids is 1. The lowest BCUT2D eigenvalue weighted by Gasteiger charge is -2.34. The third kappa shape index (κ3) is 3.61. The fourth-order valence-corrected chi connectivity index (χ4v) is 3.73. The summed E-state index contributed by atoms with van der Waals surface area (Å²) in [6.45, 7) is 6.57. The summed E-state index contributed by atoms with van der Waals surface area (Å²) in [6.07, 6.45) is 2.31. The van der Waals surface area contributed by atoms with Crippen LogP contribution in [-0.2, 0) is 22.5 Å². The van der Waals surface area contributed by atoms with Crippen LogP contribution >= 0.6 is 11.3 Å². The van der Waals surface area contributed by atoms with Crippen molar-refractivity contribution in [1.29, 1.82) is 0 Å². The molecular weight excluding hydrogens is 312 g/mol. The van der Waals surface area contributed by atoms with Gasteiger partial charge in [0.15, 0.2) is 5.82 Å². The summed E-state index contributed by atoms with van der Waals surface area (Å²) in [5.74, 6) is 0.974. The van der Waals surface area contributed by atoms with Gasteiger partial charge in [0.05, 0.1) is 13.2 Å². The minimum atomic E-state index is -0.191. The predicted molar refractivity (Wildman–Crippen MR) is 88.2 cm³/mol. The second-order valence-electron chi connectivity index (χ2n) is 5.80. The maximum absolute atomic E-state index is 12.7. The fourth-order valence-electron chi connectivity index (χ4n) is 2.89. The van der Waals surface area contributed by atoms with Crippen molar-refractivity contribution in [3.63, 3.8) is 0 Å². The molecule has 0 radical (unpaired) electrons. The Hall–Kier alpha value is -1.73. The molecule has 0 bridgehead atoms. The highest BCUT2D eigenvalue weighted by atomic mass is 32.1. The van der Waals surface area contributed by atoms with Gasteiger partial charge < -0.3 is 14.2 Å². The lowest BCUT2D eigenvalue weighted by molar-refractivity contribution is -0.143. The standard InChI is InChI=1S/C16H22N4O2S/c1-3-19-11-17-18-15(19)14-10-20(6-7-22-14)16(21)12(2)9-13-5-4-8-23-13/h4-5,8,11-12,14H,3,6-7,9-10H2,1-2H3. The van der Waals surface area contributed by atoms with E-state index in [1.165, 1.54) is 4.88 Å². The Labute approximate surface area is 140 Å². The van der Waals surface area contributed by atoms with Gasteiger partial charge in [-0.3, -0.25) is 4.79 Å². The highest BCUT2D eigenvalue weighted by Crippen LogP contribution is 2.23. The van der Waals surface area contributed by atoms with Crippen molar-refractivity contribution in [3.8, 4) is 0 Å². The van der Waals surface area contributed by atoms with Crippen LogP contribution in [0.25, 0.3) is 0 Å². The molecule has 3 heterocycles. The van der Waals surface area contributed by atoms with Crippen LogP contribution in [-0.4, -0.2) is 45.3 Å². The molecule has 6 nitrogen and oxygen atoms in total. The van der Waals surface area contributed by atoms with Crippen LogP contribution in [0.1, 0.15) is 30.7 Å². The Morgan fingerprint density at radius 3 is 3.17 bits per heavy atom. The molecule has 0 spiro atoms. The first kappa shape index (κ1) is 16.1. The first-order valence-electron chi connectivity index (χ1n) is 7.99. The summed E-state index contributed by atoms with van der Waals surface area (Å²) >= 11 is 1.70. The fraction of sp³-hybridized carbons (Fsp3) is 0.562. The molecule has 7 heteroatoms. The largest absolute Gasteiger partial charge is 0.366 e. The summed E-state index contributed by atoms with van der Waals surface area (Å²) < 4.78 is 7.78. The molecule has 0 aliphatic carbocycles. The average Bonchev–Trinajstić information content (AvgIpc) is 3.25. The molecule has 1 fully saturated rings. The zero-order valence-electron chi connectivity index (χ0n) is 13.5. The van der Waals surface area contributed by atoms with Crippen molar-refractivity contribution >= 4 is 17.2 Å². The summed E-state index contributed by atoms with van der Waals surface area (Å²) in [6, 6.07) is 4.11. The Morgan fingerprint density at radius 1 is 1.57 bits per heavy atom. The van der Waals surface area contributed by atoms with Crippen molar-refractivity contribution in [1.82, 2.24) is 19.7 Å². The van der Waals surface area contributed by atoms with Crippen LogP contribution in [0.5, 0.6) is 0 Å². The van der Waals surface area contributed by atoms with Gasteiger partial charge in [-0.1, -0.05) is 13.0 Å². The van der Waals surface area contributed by atoms with Crippen LogP contribution in [0.3, 0.4) is 0 Å². The normalized spacial score (nSPS) is 19.7. The monoisotopic (exact) mass is 334 g/mol. The lowest BCUT2D eigenvalue weighted by Crippen LogP contribution is -2.45. The minimum Gasteiger partial charge on any atom is -0.366 e. The van der Waals surface area contributed by atoms with Gasteiger partial charge in [-0.25, -0.2) is 0 Å². The summed E-state index contributed by atoms with van der Waals surface area (Å²) in [5.41, 5.74) is 0. The number of aromatic nitrogens is 3. The maximum Gasteiger partial charge on any atom is 0.225 e. The molecule has 2 unspecified atom stereocenters. The Kier molecular flexibility index (Phi) is 5.07. The van der Waals surface area contributed by atoms with E-state index in [9.17, 15) is 4.79 Å². The molecule has 0 saturated carbocycles. The van der Waals surface area contributed by atoms with E-state index in [-0.39, 0.29) is 17.9 Å². The second-order valence-corrected chi connectivity index (χ2v) is 6.84. The minimum absolute atomic E-state index is 0.0172. The number of rotatable bonds is 5. The number of hydrogen-bond donors (Lipinski definition) is 0. The molecule has 2 aromatic heterocycles. The molecule has 124 valence electrons. The van der Waals surface area contributed by atoms with Gasteiger partial charge >= 0.3 is 0 Å². The predicted octanol–water partition coefficient (Wildman–Crippen LogP) is 2.14. The smallest absolute Gasteiger partial charge is 0.225 e. The average molecular weight is 334 g/mol. The number of amides is 1. The van der Waals surface area contributed by atoms with E-state index in [1.807, 2.05) is 29.4 Å². The van der Waals surface area contributed by atoms with Crippen molar-refractivity contribution in [2.75, 3.05) is 19.7 Å². The van der Waals surface area contributed by atoms with Crippen molar-refractivity contribution in [3.05, 3.63) is 34.5 Å². The first-order valence-corrected chi connectivity index (χ1v) is 8.87. The molecule has 1 aliphatic rings. The third-order valence-electron chi connectivity index (χ3n) is 4.16. The topological polar surface area (TPSA) is 60.2 Å². The summed E-state index contributed by atoms with van der Waals surface area (Å²) in [5, 5.41) is 10.2. The Morgan fingerprint density at radius 2 is 2.43 bits per heavy atom. The van der Waals surface area contributed by atoms with Gasteiger partial charge in [-0.05, 0) is 24.8 Å². The molecular formula is C16H22N4O2S. The van der Waals surface area contributed by atoms with E-state index >= 15 is 0 Å². The number of nitrogens with zero attached hydrogens (tertiary/aromatic N) is 4. The highest BCUT2D eigenvalue weighted by molar-refractivity contribution is 7.09. The van der Waals surface area contributed by atoms with Crippen LogP contribution in [0.15, 0.2) is 23.8 Å². The van der Waals surface area contributed by atoms with Crippen molar-refractivity contribution in [2.45, 2.75) is 32.9 Å². The van der Waals surface area contributed by atoms with Crippen molar-refractivity contribution in [2.24, 2.45) is 5.92 Å². The lowest BCUT2D eigenvalue weighted by atomic mass is 10.0. The first-order chi connectivity index (χ1) is 11.2. The molecule has 0 aromatic carbocycles. The van der Waals surface area contributed by atoms with Gasteiger partial charge in [0, 0.05) is 23.9 Å². The quantitative estimate of drug-likeness (QED) is 0.840. The number of thiophene rings is 1. The number of aryl methyl sites for hydroxylation is 1. The van der Waals surface area contributed by atoms with Gasteiger partial charge in [-0.15, -0.1) is 21.5 Å². The molecule has 3 rings (SSSR count). The zero-order valence-corrected chi connectivity index (χ0v) is 14.3. The molecule has 1 saturated heterocycles. The molecule has 1 aliphatic heterocycles. The van der Waals surface area contributed by atoms with E-state index in [0.717, 1.165) is 18.8 Å². The maximum atomic E-state index is 12.7. The molecule has 2 atom stereocenters. The Balaban J connectivity index is 1.64.